The number of hydrogen-bond acceptors (Lipinski definition) is 3. The van der Waals surface area contributed by atoms with E-state index in [0.717, 1.165) is 32.4 Å². The van der Waals surface area contributed by atoms with Gasteiger partial charge < -0.3 is 14.9 Å². The molecule has 0 amide bonds. The number of nitrogens with zero attached hydrogens (tertiary/aromatic N) is 2. The van der Waals surface area contributed by atoms with Gasteiger partial charge in [0.25, 0.3) is 0 Å². The van der Waals surface area contributed by atoms with Crippen LogP contribution in [0.4, 0.5) is 5.69 Å². The first-order valence-corrected chi connectivity index (χ1v) is 10.4. The number of hydrogen-bond donors (Lipinski definition) is 1. The lowest BCUT2D eigenvalue weighted by molar-refractivity contribution is 0.234. The summed E-state index contributed by atoms with van der Waals surface area (Å²) in [5, 5.41) is 9.19. The molecule has 1 aromatic rings. The molecule has 0 bridgehead atoms. The lowest BCUT2D eigenvalue weighted by atomic mass is 10.0. The van der Waals surface area contributed by atoms with Crippen molar-refractivity contribution in [3.05, 3.63) is 65.4 Å². The number of likely N-dealkylation sites (N-methyl/N-ethyl adjacent to an activating group) is 1. The van der Waals surface area contributed by atoms with E-state index in [0.29, 0.717) is 6.54 Å². The molecule has 2 rings (SSSR count). The molecule has 0 saturated heterocycles. The van der Waals surface area contributed by atoms with Gasteiger partial charge in [0, 0.05) is 38.1 Å². The molecule has 150 valence electrons. The van der Waals surface area contributed by atoms with E-state index in [1.807, 2.05) is 13.8 Å². The monoisotopic (exact) mass is 370 g/mol. The van der Waals surface area contributed by atoms with Crippen molar-refractivity contribution in [1.29, 1.82) is 0 Å². The molecular weight excluding hydrogens is 332 g/mol. The molecule has 3 nitrogen and oxygen atoms in total. The molecular formula is C24H38N2O. The lowest BCUT2D eigenvalue weighted by Gasteiger charge is -2.22. The second kappa shape index (κ2) is 13.2. The fraction of sp³-hybridized carbons (Fsp3) is 0.500. The molecule has 0 aromatic heterocycles. The Hall–Kier alpha value is -2.00. The van der Waals surface area contributed by atoms with Crippen molar-refractivity contribution in [2.24, 2.45) is 0 Å². The maximum atomic E-state index is 9.19. The molecule has 0 atom stereocenters. The molecule has 0 spiro atoms. The maximum Gasteiger partial charge on any atom is 0.0606 e. The van der Waals surface area contributed by atoms with Gasteiger partial charge in [0.1, 0.15) is 0 Å². The fourth-order valence-electron chi connectivity index (χ4n) is 3.05. The molecule has 1 aliphatic rings. The highest BCUT2D eigenvalue weighted by Crippen LogP contribution is 2.20. The van der Waals surface area contributed by atoms with Gasteiger partial charge in [-0.05, 0) is 63.0 Å². The lowest BCUT2D eigenvalue weighted by Crippen LogP contribution is -2.25. The van der Waals surface area contributed by atoms with Crippen LogP contribution in [0, 0.1) is 0 Å². The van der Waals surface area contributed by atoms with E-state index in [9.17, 15) is 5.11 Å². The minimum Gasteiger partial charge on any atom is -0.395 e. The minimum atomic E-state index is 0.193. The highest BCUT2D eigenvalue weighted by Gasteiger charge is 2.07. The smallest absolute Gasteiger partial charge is 0.0606 e. The highest BCUT2D eigenvalue weighted by atomic mass is 16.3. The van der Waals surface area contributed by atoms with Crippen LogP contribution in [-0.4, -0.2) is 43.3 Å². The average molecular weight is 371 g/mol. The maximum absolute atomic E-state index is 9.19. The van der Waals surface area contributed by atoms with E-state index < -0.39 is 0 Å². The summed E-state index contributed by atoms with van der Waals surface area (Å²) in [6.45, 7) is 11.1. The van der Waals surface area contributed by atoms with Crippen molar-refractivity contribution in [2.75, 3.05) is 38.2 Å². The molecule has 0 unspecified atom stereocenters. The largest absolute Gasteiger partial charge is 0.395 e. The number of aliphatic hydroxyl groups excluding tert-OH is 1. The normalized spacial score (nSPS) is 13.1. The first-order chi connectivity index (χ1) is 13.2. The third-order valence-electron chi connectivity index (χ3n) is 4.86. The number of aryl methyl sites for hydroxylation is 1. The van der Waals surface area contributed by atoms with Gasteiger partial charge in [0.05, 0.1) is 6.61 Å². The van der Waals surface area contributed by atoms with Gasteiger partial charge in [0.15, 0.2) is 0 Å². The molecule has 27 heavy (non-hydrogen) atoms. The second-order valence-corrected chi connectivity index (χ2v) is 6.51. The zero-order chi connectivity index (χ0) is 20.1. The summed E-state index contributed by atoms with van der Waals surface area (Å²) in [5.74, 6) is 0. The van der Waals surface area contributed by atoms with Crippen LogP contribution in [0.1, 0.15) is 46.1 Å². The summed E-state index contributed by atoms with van der Waals surface area (Å²) in [6.07, 6.45) is 12.0. The predicted octanol–water partition coefficient (Wildman–Crippen LogP) is 5.19. The zero-order valence-corrected chi connectivity index (χ0v) is 17.9. The Bertz CT molecular complexity index is 614. The Kier molecular flexibility index (Phi) is 11.3. The van der Waals surface area contributed by atoms with Crippen molar-refractivity contribution in [1.82, 2.24) is 4.90 Å². The number of allylic oxidation sites excluding steroid dienone is 5. The minimum absolute atomic E-state index is 0.193. The van der Waals surface area contributed by atoms with Crippen LogP contribution in [0.5, 0.6) is 0 Å². The molecule has 0 radical (unpaired) electrons. The molecule has 1 aliphatic carbocycles. The van der Waals surface area contributed by atoms with Gasteiger partial charge in [-0.25, -0.2) is 0 Å². The van der Waals surface area contributed by atoms with Crippen LogP contribution in [0.2, 0.25) is 0 Å². The van der Waals surface area contributed by atoms with Gasteiger partial charge in [-0.1, -0.05) is 43.7 Å². The number of rotatable bonds is 9. The first-order valence-electron chi connectivity index (χ1n) is 10.4. The zero-order valence-electron chi connectivity index (χ0n) is 17.9. The van der Waals surface area contributed by atoms with E-state index in [-0.39, 0.29) is 6.61 Å². The Morgan fingerprint density at radius 3 is 2.26 bits per heavy atom. The topological polar surface area (TPSA) is 26.7 Å². The standard InChI is InChI=1S/C22H32N2O.C2H6/c1-4-23(3)21-14-11-20(12-15-21)10-9-19-7-6-8-22(16-13-19)24(5-2)17-18-25;1-2/h6,8,11-16,25H,4-5,7,9-10,17-18H2,1-3H3;1-2H3. The predicted molar refractivity (Wildman–Crippen MR) is 119 cm³/mol. The summed E-state index contributed by atoms with van der Waals surface area (Å²) in [7, 11) is 2.12. The third kappa shape index (κ3) is 7.64. The van der Waals surface area contributed by atoms with Crippen LogP contribution in [0.25, 0.3) is 0 Å². The van der Waals surface area contributed by atoms with Crippen molar-refractivity contribution in [3.8, 4) is 0 Å². The quantitative estimate of drug-likeness (QED) is 0.648. The van der Waals surface area contributed by atoms with Crippen LogP contribution in [0.15, 0.2) is 59.8 Å². The molecule has 0 fully saturated rings. The average Bonchev–Trinajstić information content (AvgIpc) is 2.97. The summed E-state index contributed by atoms with van der Waals surface area (Å²) in [5.41, 5.74) is 5.32. The Morgan fingerprint density at radius 2 is 1.67 bits per heavy atom. The van der Waals surface area contributed by atoms with Crippen LogP contribution in [-0.2, 0) is 6.42 Å². The SMILES string of the molecule is CC.CCN(CCO)C1=CC=C(CCc2ccc(N(C)CC)cc2)CC=C1. The second-order valence-electron chi connectivity index (χ2n) is 6.51. The van der Waals surface area contributed by atoms with Crippen molar-refractivity contribution in [2.45, 2.75) is 47.0 Å². The summed E-state index contributed by atoms with van der Waals surface area (Å²) >= 11 is 0. The molecule has 1 N–H and O–H groups in total. The van der Waals surface area contributed by atoms with Crippen LogP contribution in [0.3, 0.4) is 0 Å². The van der Waals surface area contributed by atoms with Gasteiger partial charge >= 0.3 is 0 Å². The van der Waals surface area contributed by atoms with E-state index in [1.165, 1.54) is 22.5 Å². The van der Waals surface area contributed by atoms with Gasteiger partial charge in [-0.3, -0.25) is 0 Å². The Morgan fingerprint density at radius 1 is 0.963 bits per heavy atom. The van der Waals surface area contributed by atoms with Gasteiger partial charge in [0.2, 0.25) is 0 Å². The summed E-state index contributed by atoms with van der Waals surface area (Å²) in [4.78, 5) is 4.46. The van der Waals surface area contributed by atoms with E-state index in [1.54, 1.807) is 0 Å². The molecule has 0 aliphatic heterocycles. The van der Waals surface area contributed by atoms with E-state index in [4.69, 9.17) is 0 Å². The molecule has 0 saturated carbocycles. The van der Waals surface area contributed by atoms with Gasteiger partial charge in [-0.2, -0.15) is 0 Å². The molecule has 3 heteroatoms. The van der Waals surface area contributed by atoms with Crippen LogP contribution < -0.4 is 4.90 Å². The third-order valence-corrected chi connectivity index (χ3v) is 4.86. The number of aliphatic hydroxyl groups is 1. The number of benzene rings is 1. The van der Waals surface area contributed by atoms with Crippen LogP contribution >= 0.6 is 0 Å². The van der Waals surface area contributed by atoms with Crippen molar-refractivity contribution < 1.29 is 5.11 Å². The Labute approximate surface area is 166 Å². The summed E-state index contributed by atoms with van der Waals surface area (Å²) in [6, 6.07) is 8.92. The first kappa shape index (κ1) is 23.0. The van der Waals surface area contributed by atoms with Crippen molar-refractivity contribution in [3.63, 3.8) is 0 Å². The van der Waals surface area contributed by atoms with Gasteiger partial charge in [-0.15, -0.1) is 0 Å². The van der Waals surface area contributed by atoms with E-state index >= 15 is 0 Å². The molecule has 1 aromatic carbocycles. The number of anilines is 1. The molecule has 0 heterocycles. The van der Waals surface area contributed by atoms with Crippen molar-refractivity contribution >= 4 is 5.69 Å². The fourth-order valence-corrected chi connectivity index (χ4v) is 3.05. The Balaban J connectivity index is 0.00000176. The van der Waals surface area contributed by atoms with E-state index in [2.05, 4.69) is 79.3 Å². The summed E-state index contributed by atoms with van der Waals surface area (Å²) < 4.78 is 0. The highest BCUT2D eigenvalue weighted by molar-refractivity contribution is 5.46.